The van der Waals surface area contributed by atoms with Crippen LogP contribution in [-0.4, -0.2) is 15.0 Å². The van der Waals surface area contributed by atoms with Crippen LogP contribution in [0.5, 0.6) is 0 Å². The molecule has 0 saturated heterocycles. The van der Waals surface area contributed by atoms with Crippen LogP contribution in [0.2, 0.25) is 0 Å². The average Bonchev–Trinajstić information content (AvgIpc) is 2.78. The monoisotopic (exact) mass is 381 g/mol. The lowest BCUT2D eigenvalue weighted by Crippen LogP contribution is -2.08. The number of benzene rings is 2. The molecule has 2 aromatic carbocycles. The van der Waals surface area contributed by atoms with Gasteiger partial charge >= 0.3 is 0 Å². The third-order valence-electron chi connectivity index (χ3n) is 4.54. The molecule has 0 spiro atoms. The summed E-state index contributed by atoms with van der Waals surface area (Å²) in [6, 6.07) is 26.4. The predicted octanol–water partition coefficient (Wildman–Crippen LogP) is 5.07. The van der Waals surface area contributed by atoms with Crippen LogP contribution in [0.25, 0.3) is 11.3 Å². The summed E-state index contributed by atoms with van der Waals surface area (Å²) in [7, 11) is 0. The second kappa shape index (κ2) is 8.97. The van der Waals surface area contributed by atoms with Gasteiger partial charge in [-0.15, -0.1) is 0 Å². The minimum Gasteiger partial charge on any atom is -0.364 e. The van der Waals surface area contributed by atoms with Gasteiger partial charge in [0.15, 0.2) is 0 Å². The molecule has 0 bridgehead atoms. The van der Waals surface area contributed by atoms with Crippen molar-refractivity contribution in [2.45, 2.75) is 20.0 Å². The first-order valence-corrected chi connectivity index (χ1v) is 9.64. The number of aryl methyl sites for hydroxylation is 1. The molecule has 5 nitrogen and oxygen atoms in total. The molecule has 144 valence electrons. The van der Waals surface area contributed by atoms with E-state index in [1.165, 1.54) is 11.1 Å². The smallest absolute Gasteiger partial charge is 0.225 e. The van der Waals surface area contributed by atoms with Gasteiger partial charge in [-0.05, 0) is 24.6 Å². The van der Waals surface area contributed by atoms with Crippen molar-refractivity contribution >= 4 is 11.8 Å². The molecule has 0 aliphatic rings. The van der Waals surface area contributed by atoms with E-state index in [0.29, 0.717) is 19.0 Å². The van der Waals surface area contributed by atoms with Crippen molar-refractivity contribution in [2.75, 3.05) is 10.6 Å². The molecule has 0 amide bonds. The third kappa shape index (κ3) is 5.17. The van der Waals surface area contributed by atoms with Crippen molar-refractivity contribution < 1.29 is 0 Å². The highest BCUT2D eigenvalue weighted by molar-refractivity contribution is 5.64. The minimum atomic E-state index is 0.593. The van der Waals surface area contributed by atoms with Crippen molar-refractivity contribution in [1.29, 1.82) is 0 Å². The third-order valence-corrected chi connectivity index (χ3v) is 4.54. The fraction of sp³-hybridized carbons (Fsp3) is 0.125. The predicted molar refractivity (Wildman–Crippen MR) is 118 cm³/mol. The molecule has 29 heavy (non-hydrogen) atoms. The maximum absolute atomic E-state index is 4.71. The Balaban J connectivity index is 1.56. The van der Waals surface area contributed by atoms with E-state index in [4.69, 9.17) is 4.98 Å². The highest BCUT2D eigenvalue weighted by Crippen LogP contribution is 2.22. The molecule has 2 heterocycles. The number of pyridine rings is 1. The number of hydrogen-bond acceptors (Lipinski definition) is 5. The largest absolute Gasteiger partial charge is 0.364 e. The zero-order chi connectivity index (χ0) is 19.9. The van der Waals surface area contributed by atoms with Gasteiger partial charge in [0.05, 0.1) is 17.9 Å². The van der Waals surface area contributed by atoms with Gasteiger partial charge in [-0.1, -0.05) is 66.2 Å². The SMILES string of the molecule is Cc1ccc(CNc2nc(NCc3ccccn3)cc(-c3ccccc3)n2)cc1. The summed E-state index contributed by atoms with van der Waals surface area (Å²) in [5.41, 5.74) is 5.32. The Kier molecular flexibility index (Phi) is 5.76. The summed E-state index contributed by atoms with van der Waals surface area (Å²) < 4.78 is 0. The van der Waals surface area contributed by atoms with E-state index >= 15 is 0 Å². The Morgan fingerprint density at radius 2 is 1.55 bits per heavy atom. The first kappa shape index (κ1) is 18.6. The summed E-state index contributed by atoms with van der Waals surface area (Å²) in [6.07, 6.45) is 1.79. The molecule has 0 unspecified atom stereocenters. The summed E-state index contributed by atoms with van der Waals surface area (Å²) in [6.45, 7) is 3.35. The molecule has 0 saturated carbocycles. The molecule has 0 aliphatic carbocycles. The van der Waals surface area contributed by atoms with Crippen LogP contribution >= 0.6 is 0 Å². The number of anilines is 2. The summed E-state index contributed by atoms with van der Waals surface area (Å²) in [4.78, 5) is 13.7. The van der Waals surface area contributed by atoms with Gasteiger partial charge < -0.3 is 10.6 Å². The summed E-state index contributed by atoms with van der Waals surface area (Å²) >= 11 is 0. The van der Waals surface area contributed by atoms with E-state index in [0.717, 1.165) is 22.8 Å². The lowest BCUT2D eigenvalue weighted by atomic mass is 10.1. The quantitative estimate of drug-likeness (QED) is 0.468. The average molecular weight is 381 g/mol. The van der Waals surface area contributed by atoms with Crippen molar-refractivity contribution in [1.82, 2.24) is 15.0 Å². The van der Waals surface area contributed by atoms with Gasteiger partial charge in [-0.3, -0.25) is 4.98 Å². The van der Waals surface area contributed by atoms with Gasteiger partial charge in [0, 0.05) is 24.4 Å². The van der Waals surface area contributed by atoms with E-state index in [1.54, 1.807) is 6.20 Å². The summed E-state index contributed by atoms with van der Waals surface area (Å²) in [5, 5.41) is 6.71. The van der Waals surface area contributed by atoms with Crippen molar-refractivity contribution in [2.24, 2.45) is 0 Å². The Labute approximate surface area is 170 Å². The highest BCUT2D eigenvalue weighted by Gasteiger charge is 2.07. The number of hydrogen-bond donors (Lipinski definition) is 2. The Hall–Kier alpha value is -3.73. The second-order valence-corrected chi connectivity index (χ2v) is 6.84. The number of nitrogens with zero attached hydrogens (tertiary/aromatic N) is 3. The maximum atomic E-state index is 4.71. The molecule has 0 radical (unpaired) electrons. The van der Waals surface area contributed by atoms with Crippen molar-refractivity contribution in [3.63, 3.8) is 0 Å². The molecule has 0 atom stereocenters. The van der Waals surface area contributed by atoms with E-state index in [1.807, 2.05) is 42.5 Å². The molecular formula is C24H23N5. The van der Waals surface area contributed by atoms with Crippen molar-refractivity contribution in [3.05, 3.63) is 102 Å². The van der Waals surface area contributed by atoms with Crippen LogP contribution in [0.1, 0.15) is 16.8 Å². The first-order chi connectivity index (χ1) is 14.3. The normalized spacial score (nSPS) is 10.5. The topological polar surface area (TPSA) is 62.7 Å². The minimum absolute atomic E-state index is 0.593. The Bertz CT molecular complexity index is 1050. The molecule has 0 fully saturated rings. The first-order valence-electron chi connectivity index (χ1n) is 9.64. The second-order valence-electron chi connectivity index (χ2n) is 6.84. The molecule has 0 aliphatic heterocycles. The lowest BCUT2D eigenvalue weighted by molar-refractivity contribution is 1.01. The Morgan fingerprint density at radius 3 is 2.31 bits per heavy atom. The molecule has 4 rings (SSSR count). The fourth-order valence-electron chi connectivity index (χ4n) is 2.94. The van der Waals surface area contributed by atoms with Crippen LogP contribution in [0.4, 0.5) is 11.8 Å². The molecule has 5 heteroatoms. The lowest BCUT2D eigenvalue weighted by Gasteiger charge is -2.12. The van der Waals surface area contributed by atoms with Crippen LogP contribution < -0.4 is 10.6 Å². The standard InChI is InChI=1S/C24H23N5/c1-18-10-12-19(13-11-18)16-27-24-28-22(20-7-3-2-4-8-20)15-23(29-24)26-17-21-9-5-6-14-25-21/h2-15H,16-17H2,1H3,(H2,26,27,28,29). The number of rotatable bonds is 7. The Morgan fingerprint density at radius 1 is 0.759 bits per heavy atom. The van der Waals surface area contributed by atoms with E-state index in [9.17, 15) is 0 Å². The maximum Gasteiger partial charge on any atom is 0.225 e. The van der Waals surface area contributed by atoms with E-state index < -0.39 is 0 Å². The highest BCUT2D eigenvalue weighted by atomic mass is 15.1. The van der Waals surface area contributed by atoms with Crippen molar-refractivity contribution in [3.8, 4) is 11.3 Å². The molecule has 2 aromatic heterocycles. The number of nitrogens with one attached hydrogen (secondary N) is 2. The zero-order valence-electron chi connectivity index (χ0n) is 16.3. The van der Waals surface area contributed by atoms with E-state index in [-0.39, 0.29) is 0 Å². The molecular weight excluding hydrogens is 358 g/mol. The number of aromatic nitrogens is 3. The fourth-order valence-corrected chi connectivity index (χ4v) is 2.94. The van der Waals surface area contributed by atoms with Crippen LogP contribution in [0, 0.1) is 6.92 Å². The van der Waals surface area contributed by atoms with Crippen LogP contribution in [-0.2, 0) is 13.1 Å². The zero-order valence-corrected chi connectivity index (χ0v) is 16.3. The molecule has 4 aromatic rings. The summed E-state index contributed by atoms with van der Waals surface area (Å²) in [5.74, 6) is 1.35. The van der Waals surface area contributed by atoms with Gasteiger partial charge in [0.25, 0.3) is 0 Å². The van der Waals surface area contributed by atoms with Gasteiger partial charge in [0.1, 0.15) is 5.82 Å². The van der Waals surface area contributed by atoms with E-state index in [2.05, 4.69) is 63.9 Å². The van der Waals surface area contributed by atoms with Gasteiger partial charge in [-0.25, -0.2) is 4.98 Å². The van der Waals surface area contributed by atoms with Crippen LogP contribution in [0.3, 0.4) is 0 Å². The molecule has 2 N–H and O–H groups in total. The van der Waals surface area contributed by atoms with Gasteiger partial charge in [-0.2, -0.15) is 4.98 Å². The van der Waals surface area contributed by atoms with Crippen LogP contribution in [0.15, 0.2) is 85.1 Å². The van der Waals surface area contributed by atoms with Gasteiger partial charge in [0.2, 0.25) is 5.95 Å².